The van der Waals surface area contributed by atoms with Crippen LogP contribution in [0, 0.1) is 0 Å². The van der Waals surface area contributed by atoms with Crippen LogP contribution in [0.5, 0.6) is 0 Å². The summed E-state index contributed by atoms with van der Waals surface area (Å²) >= 11 is 0. The minimum atomic E-state index is -0.252. The van der Waals surface area contributed by atoms with Crippen molar-refractivity contribution < 1.29 is 4.79 Å². The second-order valence-corrected chi connectivity index (χ2v) is 5.84. The first-order valence-corrected chi connectivity index (χ1v) is 8.26. The van der Waals surface area contributed by atoms with Crippen LogP contribution in [0.15, 0.2) is 79.3 Å². The second-order valence-electron chi connectivity index (χ2n) is 5.84. The van der Waals surface area contributed by atoms with E-state index in [4.69, 9.17) is 0 Å². The Balaban J connectivity index is 1.40. The lowest BCUT2D eigenvalue weighted by atomic mass is 10.1. The van der Waals surface area contributed by atoms with E-state index < -0.39 is 0 Å². The third-order valence-electron chi connectivity index (χ3n) is 4.01. The monoisotopic (exact) mass is 343 g/mol. The predicted octanol–water partition coefficient (Wildman–Crippen LogP) is 3.74. The smallest absolute Gasteiger partial charge is 0.319 e. The number of rotatable bonds is 4. The van der Waals surface area contributed by atoms with Crippen molar-refractivity contribution in [3.05, 3.63) is 84.8 Å². The van der Waals surface area contributed by atoms with E-state index in [1.165, 1.54) is 0 Å². The Bertz CT molecular complexity index is 1040. The molecule has 6 heteroatoms. The standard InChI is InChI=1S/C20H17N5O/c26-20(24-18-7-6-16-4-1-2-5-17(16)13-18)22-14-15-8-10-21-19(12-15)25-11-3-9-23-25/h1-13H,14H2,(H2,22,24,26). The Morgan fingerprint density at radius 3 is 2.69 bits per heavy atom. The van der Waals surface area contributed by atoms with Gasteiger partial charge in [0, 0.05) is 30.8 Å². The minimum absolute atomic E-state index is 0.252. The Kier molecular flexibility index (Phi) is 4.30. The molecule has 2 amide bonds. The molecule has 6 nitrogen and oxygen atoms in total. The molecule has 0 aliphatic carbocycles. The summed E-state index contributed by atoms with van der Waals surface area (Å²) in [6.07, 6.45) is 5.23. The van der Waals surface area contributed by atoms with Gasteiger partial charge in [-0.3, -0.25) is 0 Å². The van der Waals surface area contributed by atoms with E-state index in [1.807, 2.05) is 66.9 Å². The van der Waals surface area contributed by atoms with Gasteiger partial charge in [0.1, 0.15) is 0 Å². The normalized spacial score (nSPS) is 10.6. The number of anilines is 1. The number of pyridine rings is 1. The van der Waals surface area contributed by atoms with Crippen molar-refractivity contribution in [2.75, 3.05) is 5.32 Å². The molecule has 0 aliphatic heterocycles. The highest BCUT2D eigenvalue weighted by Gasteiger charge is 2.04. The zero-order valence-electron chi connectivity index (χ0n) is 14.0. The quantitative estimate of drug-likeness (QED) is 0.593. The van der Waals surface area contributed by atoms with Gasteiger partial charge < -0.3 is 10.6 Å². The van der Waals surface area contributed by atoms with Gasteiger partial charge in [-0.05, 0) is 46.7 Å². The number of aromatic nitrogens is 3. The lowest BCUT2D eigenvalue weighted by molar-refractivity contribution is 0.251. The third kappa shape index (κ3) is 3.54. The molecule has 0 unspecified atom stereocenters. The highest BCUT2D eigenvalue weighted by atomic mass is 16.2. The van der Waals surface area contributed by atoms with Crippen molar-refractivity contribution in [1.82, 2.24) is 20.1 Å². The molecule has 0 spiro atoms. The number of nitrogens with one attached hydrogen (secondary N) is 2. The van der Waals surface area contributed by atoms with Crippen molar-refractivity contribution in [1.29, 1.82) is 0 Å². The maximum Gasteiger partial charge on any atom is 0.319 e. The van der Waals surface area contributed by atoms with E-state index in [0.29, 0.717) is 12.4 Å². The average molecular weight is 343 g/mol. The summed E-state index contributed by atoms with van der Waals surface area (Å²) in [5.41, 5.74) is 1.70. The molecule has 2 aromatic carbocycles. The van der Waals surface area contributed by atoms with Crippen LogP contribution in [-0.4, -0.2) is 20.8 Å². The summed E-state index contributed by atoms with van der Waals surface area (Å²) in [6, 6.07) is 19.2. The van der Waals surface area contributed by atoms with Crippen molar-refractivity contribution >= 4 is 22.5 Å². The van der Waals surface area contributed by atoms with Crippen LogP contribution >= 0.6 is 0 Å². The van der Waals surface area contributed by atoms with Gasteiger partial charge in [-0.25, -0.2) is 14.5 Å². The first-order valence-electron chi connectivity index (χ1n) is 8.26. The third-order valence-corrected chi connectivity index (χ3v) is 4.01. The van der Waals surface area contributed by atoms with E-state index in [1.54, 1.807) is 17.1 Å². The number of carbonyl (C=O) groups excluding carboxylic acids is 1. The number of hydrogen-bond donors (Lipinski definition) is 2. The first kappa shape index (κ1) is 15.8. The van der Waals surface area contributed by atoms with Gasteiger partial charge in [0.2, 0.25) is 0 Å². The molecule has 26 heavy (non-hydrogen) atoms. The number of urea groups is 1. The molecule has 0 saturated heterocycles. The topological polar surface area (TPSA) is 71.8 Å². The molecule has 2 aromatic heterocycles. The van der Waals surface area contributed by atoms with E-state index in [-0.39, 0.29) is 6.03 Å². The van der Waals surface area contributed by atoms with Crippen molar-refractivity contribution in [2.24, 2.45) is 0 Å². The van der Waals surface area contributed by atoms with Crippen LogP contribution in [0.3, 0.4) is 0 Å². The Morgan fingerprint density at radius 1 is 0.962 bits per heavy atom. The molecule has 0 fully saturated rings. The van der Waals surface area contributed by atoms with E-state index in [2.05, 4.69) is 20.7 Å². The van der Waals surface area contributed by atoms with Gasteiger partial charge >= 0.3 is 6.03 Å². The summed E-state index contributed by atoms with van der Waals surface area (Å²) in [4.78, 5) is 16.5. The summed E-state index contributed by atoms with van der Waals surface area (Å²) in [5, 5.41) is 12.1. The number of fused-ring (bicyclic) bond motifs is 1. The summed E-state index contributed by atoms with van der Waals surface area (Å²) in [6.45, 7) is 0.399. The number of nitrogens with zero attached hydrogens (tertiary/aromatic N) is 3. The molecule has 0 bridgehead atoms. The van der Waals surface area contributed by atoms with E-state index in [0.717, 1.165) is 22.0 Å². The summed E-state index contributed by atoms with van der Waals surface area (Å²) < 4.78 is 1.68. The number of amides is 2. The zero-order chi connectivity index (χ0) is 17.8. The fourth-order valence-corrected chi connectivity index (χ4v) is 2.72. The molecule has 0 aliphatic rings. The minimum Gasteiger partial charge on any atom is -0.334 e. The van der Waals surface area contributed by atoms with Crippen molar-refractivity contribution in [3.8, 4) is 5.82 Å². The van der Waals surface area contributed by atoms with Gasteiger partial charge in [-0.2, -0.15) is 5.10 Å². The van der Waals surface area contributed by atoms with Crippen LogP contribution in [-0.2, 0) is 6.54 Å². The second kappa shape index (κ2) is 7.06. The van der Waals surface area contributed by atoms with Crippen LogP contribution in [0.25, 0.3) is 16.6 Å². The maximum atomic E-state index is 12.2. The van der Waals surface area contributed by atoms with Crippen molar-refractivity contribution in [2.45, 2.75) is 6.54 Å². The molecule has 0 saturated carbocycles. The Morgan fingerprint density at radius 2 is 1.85 bits per heavy atom. The van der Waals surface area contributed by atoms with Gasteiger partial charge in [0.15, 0.2) is 5.82 Å². The zero-order valence-corrected chi connectivity index (χ0v) is 14.0. The average Bonchev–Trinajstić information content (AvgIpc) is 3.21. The fourth-order valence-electron chi connectivity index (χ4n) is 2.72. The van der Waals surface area contributed by atoms with E-state index >= 15 is 0 Å². The molecule has 2 heterocycles. The fraction of sp³-hybridized carbons (Fsp3) is 0.0500. The molecule has 128 valence electrons. The highest BCUT2D eigenvalue weighted by Crippen LogP contribution is 2.18. The van der Waals surface area contributed by atoms with Gasteiger partial charge in [0.25, 0.3) is 0 Å². The number of benzene rings is 2. The van der Waals surface area contributed by atoms with Crippen LogP contribution in [0.1, 0.15) is 5.56 Å². The molecular formula is C20H17N5O. The molecule has 4 rings (SSSR count). The highest BCUT2D eigenvalue weighted by molar-refractivity contribution is 5.93. The molecule has 4 aromatic rings. The van der Waals surface area contributed by atoms with Crippen LogP contribution < -0.4 is 10.6 Å². The molecule has 2 N–H and O–H groups in total. The lowest BCUT2D eigenvalue weighted by Gasteiger charge is -2.09. The van der Waals surface area contributed by atoms with Gasteiger partial charge in [-0.15, -0.1) is 0 Å². The summed E-state index contributed by atoms with van der Waals surface area (Å²) in [7, 11) is 0. The van der Waals surface area contributed by atoms with Gasteiger partial charge in [-0.1, -0.05) is 30.3 Å². The van der Waals surface area contributed by atoms with Crippen LogP contribution in [0.2, 0.25) is 0 Å². The SMILES string of the molecule is O=C(NCc1ccnc(-n2cccn2)c1)Nc1ccc2ccccc2c1. The van der Waals surface area contributed by atoms with E-state index in [9.17, 15) is 4.79 Å². The van der Waals surface area contributed by atoms with Crippen molar-refractivity contribution in [3.63, 3.8) is 0 Å². The molecular weight excluding hydrogens is 326 g/mol. The largest absolute Gasteiger partial charge is 0.334 e. The maximum absolute atomic E-state index is 12.2. The van der Waals surface area contributed by atoms with Gasteiger partial charge in [0.05, 0.1) is 0 Å². The molecule has 0 radical (unpaired) electrons. The molecule has 0 atom stereocenters. The Hall–Kier alpha value is -3.67. The predicted molar refractivity (Wildman–Crippen MR) is 101 cm³/mol. The first-order chi connectivity index (χ1) is 12.8. The lowest BCUT2D eigenvalue weighted by Crippen LogP contribution is -2.28. The van der Waals surface area contributed by atoms with Crippen LogP contribution in [0.4, 0.5) is 10.5 Å². The number of carbonyl (C=O) groups is 1. The summed E-state index contributed by atoms with van der Waals surface area (Å²) in [5.74, 6) is 0.712. The number of hydrogen-bond acceptors (Lipinski definition) is 3. The Labute approximate surface area is 150 Å².